The van der Waals surface area contributed by atoms with E-state index in [0.29, 0.717) is 6.04 Å². The molecule has 0 bridgehead atoms. The van der Waals surface area contributed by atoms with Gasteiger partial charge in [-0.15, -0.1) is 0 Å². The van der Waals surface area contributed by atoms with Crippen LogP contribution in [-0.4, -0.2) is 22.4 Å². The molecule has 0 radical (unpaired) electrons. The van der Waals surface area contributed by atoms with Gasteiger partial charge in [0.15, 0.2) is 0 Å². The molecule has 2 aromatic rings. The Labute approximate surface area is 108 Å². The molecule has 1 aliphatic rings. The molecule has 1 aliphatic heterocycles. The Morgan fingerprint density at radius 2 is 2.17 bits per heavy atom. The van der Waals surface area contributed by atoms with E-state index in [0.717, 1.165) is 18.9 Å². The van der Waals surface area contributed by atoms with Gasteiger partial charge in [-0.2, -0.15) is 5.10 Å². The largest absolute Gasteiger partial charge is 0.313 e. The third-order valence-corrected chi connectivity index (χ3v) is 4.04. The maximum Gasteiger partial charge on any atom is 0.0718 e. The Balaban J connectivity index is 1.82. The van der Waals surface area contributed by atoms with Crippen molar-refractivity contribution in [3.63, 3.8) is 0 Å². The zero-order chi connectivity index (χ0) is 12.5. The molecule has 2 heterocycles. The SMILES string of the molecule is CC1CCC(Cc2nn(C)c3ccccc23)NC1. The van der Waals surface area contributed by atoms with Crippen molar-refractivity contribution in [1.29, 1.82) is 0 Å². The fourth-order valence-electron chi connectivity index (χ4n) is 2.90. The van der Waals surface area contributed by atoms with Crippen LogP contribution in [0.4, 0.5) is 0 Å². The van der Waals surface area contributed by atoms with Gasteiger partial charge in [0.1, 0.15) is 0 Å². The van der Waals surface area contributed by atoms with Crippen molar-refractivity contribution >= 4 is 10.9 Å². The highest BCUT2D eigenvalue weighted by Crippen LogP contribution is 2.22. The number of hydrogen-bond acceptors (Lipinski definition) is 2. The van der Waals surface area contributed by atoms with Crippen molar-refractivity contribution in [2.24, 2.45) is 13.0 Å². The number of benzene rings is 1. The first-order valence-corrected chi connectivity index (χ1v) is 6.88. The number of hydrogen-bond donors (Lipinski definition) is 1. The van der Waals surface area contributed by atoms with Crippen LogP contribution in [0.2, 0.25) is 0 Å². The summed E-state index contributed by atoms with van der Waals surface area (Å²) in [7, 11) is 2.03. The van der Waals surface area contributed by atoms with Gasteiger partial charge in [0.05, 0.1) is 11.2 Å². The first kappa shape index (κ1) is 11.7. The topological polar surface area (TPSA) is 29.9 Å². The van der Waals surface area contributed by atoms with E-state index in [4.69, 9.17) is 0 Å². The lowest BCUT2D eigenvalue weighted by atomic mass is 9.93. The van der Waals surface area contributed by atoms with Crippen LogP contribution in [0.3, 0.4) is 0 Å². The number of nitrogens with zero attached hydrogens (tertiary/aromatic N) is 2. The van der Waals surface area contributed by atoms with Gasteiger partial charge in [-0.3, -0.25) is 4.68 Å². The molecule has 0 saturated carbocycles. The monoisotopic (exact) mass is 243 g/mol. The maximum atomic E-state index is 4.68. The number of nitrogens with one attached hydrogen (secondary N) is 1. The highest BCUT2D eigenvalue weighted by atomic mass is 15.3. The van der Waals surface area contributed by atoms with Crippen molar-refractivity contribution in [3.05, 3.63) is 30.0 Å². The Bertz CT molecular complexity index is 536. The number of rotatable bonds is 2. The number of fused-ring (bicyclic) bond motifs is 1. The Hall–Kier alpha value is -1.35. The van der Waals surface area contributed by atoms with Crippen molar-refractivity contribution in [3.8, 4) is 0 Å². The Morgan fingerprint density at radius 3 is 2.94 bits per heavy atom. The number of para-hydroxylation sites is 1. The second-order valence-electron chi connectivity index (χ2n) is 5.58. The van der Waals surface area contributed by atoms with Gasteiger partial charge in [-0.25, -0.2) is 0 Å². The lowest BCUT2D eigenvalue weighted by molar-refractivity contribution is 0.325. The van der Waals surface area contributed by atoms with Crippen molar-refractivity contribution < 1.29 is 0 Å². The summed E-state index contributed by atoms with van der Waals surface area (Å²) in [6.07, 6.45) is 3.66. The van der Waals surface area contributed by atoms with E-state index in [1.165, 1.54) is 29.4 Å². The molecule has 3 rings (SSSR count). The molecule has 2 atom stereocenters. The van der Waals surface area contributed by atoms with Crippen LogP contribution in [0.15, 0.2) is 24.3 Å². The second-order valence-corrected chi connectivity index (χ2v) is 5.58. The van der Waals surface area contributed by atoms with Crippen LogP contribution >= 0.6 is 0 Å². The Morgan fingerprint density at radius 1 is 1.33 bits per heavy atom. The first-order valence-electron chi connectivity index (χ1n) is 6.88. The number of aromatic nitrogens is 2. The van der Waals surface area contributed by atoms with E-state index in [9.17, 15) is 0 Å². The van der Waals surface area contributed by atoms with Gasteiger partial charge in [0, 0.05) is 24.9 Å². The zero-order valence-corrected chi connectivity index (χ0v) is 11.2. The van der Waals surface area contributed by atoms with E-state index in [2.05, 4.69) is 41.6 Å². The summed E-state index contributed by atoms with van der Waals surface area (Å²) in [6, 6.07) is 9.10. The molecular weight excluding hydrogens is 222 g/mol. The highest BCUT2D eigenvalue weighted by Gasteiger charge is 2.19. The zero-order valence-electron chi connectivity index (χ0n) is 11.2. The molecule has 0 aliphatic carbocycles. The molecule has 2 unspecified atom stereocenters. The van der Waals surface area contributed by atoms with Gasteiger partial charge in [0.25, 0.3) is 0 Å². The molecule has 1 aromatic heterocycles. The van der Waals surface area contributed by atoms with Crippen LogP contribution in [0.25, 0.3) is 10.9 Å². The summed E-state index contributed by atoms with van der Waals surface area (Å²) < 4.78 is 2.00. The lowest BCUT2D eigenvalue weighted by Crippen LogP contribution is -2.39. The minimum atomic E-state index is 0.597. The van der Waals surface area contributed by atoms with Gasteiger partial charge in [-0.1, -0.05) is 25.1 Å². The second kappa shape index (κ2) is 4.73. The van der Waals surface area contributed by atoms with Crippen LogP contribution in [0.1, 0.15) is 25.5 Å². The average molecular weight is 243 g/mol. The van der Waals surface area contributed by atoms with Crippen LogP contribution in [0.5, 0.6) is 0 Å². The quantitative estimate of drug-likeness (QED) is 0.878. The fraction of sp³-hybridized carbons (Fsp3) is 0.533. The summed E-state index contributed by atoms with van der Waals surface area (Å²) in [5.74, 6) is 0.821. The molecule has 3 nitrogen and oxygen atoms in total. The fourth-order valence-corrected chi connectivity index (χ4v) is 2.90. The van der Waals surface area contributed by atoms with Gasteiger partial charge >= 0.3 is 0 Å². The van der Waals surface area contributed by atoms with Crippen LogP contribution in [-0.2, 0) is 13.5 Å². The molecule has 0 amide bonds. The van der Waals surface area contributed by atoms with Gasteiger partial charge in [0.2, 0.25) is 0 Å². The van der Waals surface area contributed by atoms with E-state index in [-0.39, 0.29) is 0 Å². The van der Waals surface area contributed by atoms with E-state index >= 15 is 0 Å². The van der Waals surface area contributed by atoms with E-state index in [1.54, 1.807) is 0 Å². The summed E-state index contributed by atoms with van der Waals surface area (Å²) in [5.41, 5.74) is 2.47. The van der Waals surface area contributed by atoms with Crippen LogP contribution in [0, 0.1) is 5.92 Å². The normalized spacial score (nSPS) is 24.6. The van der Waals surface area contributed by atoms with Gasteiger partial charge in [-0.05, 0) is 31.4 Å². The molecule has 3 heteroatoms. The molecule has 0 spiro atoms. The van der Waals surface area contributed by atoms with E-state index in [1.807, 2.05) is 11.7 Å². The standard InChI is InChI=1S/C15H21N3/c1-11-7-8-12(16-10-11)9-14-13-5-3-4-6-15(13)18(2)17-14/h3-6,11-12,16H,7-10H2,1-2H3. The lowest BCUT2D eigenvalue weighted by Gasteiger charge is -2.27. The first-order chi connectivity index (χ1) is 8.74. The minimum absolute atomic E-state index is 0.597. The molecular formula is C15H21N3. The molecule has 1 fully saturated rings. The summed E-state index contributed by atoms with van der Waals surface area (Å²) in [5, 5.41) is 9.63. The molecule has 96 valence electrons. The van der Waals surface area contributed by atoms with Gasteiger partial charge < -0.3 is 5.32 Å². The van der Waals surface area contributed by atoms with E-state index < -0.39 is 0 Å². The molecule has 18 heavy (non-hydrogen) atoms. The molecule has 1 saturated heterocycles. The predicted molar refractivity (Wildman–Crippen MR) is 74.6 cm³/mol. The smallest absolute Gasteiger partial charge is 0.0718 e. The summed E-state index contributed by atoms with van der Waals surface area (Å²) >= 11 is 0. The maximum absolute atomic E-state index is 4.68. The van der Waals surface area contributed by atoms with Crippen molar-refractivity contribution in [1.82, 2.24) is 15.1 Å². The summed E-state index contributed by atoms with van der Waals surface area (Å²) in [4.78, 5) is 0. The Kier molecular flexibility index (Phi) is 3.08. The van der Waals surface area contributed by atoms with Crippen molar-refractivity contribution in [2.75, 3.05) is 6.54 Å². The molecule has 1 N–H and O–H groups in total. The number of aryl methyl sites for hydroxylation is 1. The third-order valence-electron chi connectivity index (χ3n) is 4.04. The van der Waals surface area contributed by atoms with Crippen LogP contribution < -0.4 is 5.32 Å². The predicted octanol–water partition coefficient (Wildman–Crippen LogP) is 2.50. The highest BCUT2D eigenvalue weighted by molar-refractivity contribution is 5.81. The minimum Gasteiger partial charge on any atom is -0.313 e. The summed E-state index contributed by atoms with van der Waals surface area (Å²) in [6.45, 7) is 3.47. The average Bonchev–Trinajstić information content (AvgIpc) is 2.70. The van der Waals surface area contributed by atoms with Crippen molar-refractivity contribution in [2.45, 2.75) is 32.2 Å². The third kappa shape index (κ3) is 2.15. The number of piperidine rings is 1. The molecule has 1 aromatic carbocycles.